The molecule has 150 valence electrons. The van der Waals surface area contributed by atoms with E-state index in [1.807, 2.05) is 19.1 Å². The standard InChI is InChI=1S/C22H27FN2O3/c1-14(24-15(2)26)22-19-12-21(28-4)20(27-3)11-17(19)9-10-25(22)13-16-5-7-18(23)8-6-16/h5-8,11-12,14,22H,9-10,13H2,1-4H3,(H,24,26)/t14-,22+/m0/s1. The van der Waals surface area contributed by atoms with E-state index in [1.165, 1.54) is 24.6 Å². The minimum Gasteiger partial charge on any atom is -0.493 e. The van der Waals surface area contributed by atoms with Crippen LogP contribution in [0, 0.1) is 5.82 Å². The lowest BCUT2D eigenvalue weighted by molar-refractivity contribution is -0.120. The molecule has 1 aliphatic heterocycles. The minimum atomic E-state index is -0.243. The second-order valence-electron chi connectivity index (χ2n) is 7.19. The number of amides is 1. The number of benzene rings is 2. The van der Waals surface area contributed by atoms with E-state index in [-0.39, 0.29) is 23.8 Å². The van der Waals surface area contributed by atoms with Gasteiger partial charge in [0.2, 0.25) is 5.91 Å². The van der Waals surface area contributed by atoms with Crippen LogP contribution in [0.3, 0.4) is 0 Å². The molecule has 5 nitrogen and oxygen atoms in total. The molecule has 0 fully saturated rings. The Morgan fingerprint density at radius 2 is 1.86 bits per heavy atom. The Hall–Kier alpha value is -2.60. The maximum atomic E-state index is 13.3. The number of carbonyl (C=O) groups excluding carboxylic acids is 1. The Balaban J connectivity index is 1.99. The van der Waals surface area contributed by atoms with Crippen LogP contribution in [-0.4, -0.2) is 37.6 Å². The van der Waals surface area contributed by atoms with Crippen LogP contribution in [0.2, 0.25) is 0 Å². The average Bonchev–Trinajstić information content (AvgIpc) is 2.67. The molecule has 0 aliphatic carbocycles. The van der Waals surface area contributed by atoms with Crippen LogP contribution < -0.4 is 14.8 Å². The molecule has 0 unspecified atom stereocenters. The lowest BCUT2D eigenvalue weighted by Gasteiger charge is -2.41. The third-order valence-electron chi connectivity index (χ3n) is 5.23. The molecule has 0 saturated heterocycles. The van der Waals surface area contributed by atoms with Gasteiger partial charge in [-0.1, -0.05) is 12.1 Å². The summed E-state index contributed by atoms with van der Waals surface area (Å²) in [7, 11) is 3.25. The van der Waals surface area contributed by atoms with E-state index in [9.17, 15) is 9.18 Å². The monoisotopic (exact) mass is 386 g/mol. The summed E-state index contributed by atoms with van der Waals surface area (Å²) >= 11 is 0. The van der Waals surface area contributed by atoms with Crippen molar-refractivity contribution in [3.8, 4) is 11.5 Å². The van der Waals surface area contributed by atoms with Crippen LogP contribution in [0.25, 0.3) is 0 Å². The molecule has 1 heterocycles. The third kappa shape index (κ3) is 4.28. The summed E-state index contributed by atoms with van der Waals surface area (Å²) in [6.07, 6.45) is 0.861. The molecule has 6 heteroatoms. The van der Waals surface area contributed by atoms with Crippen LogP contribution in [0.4, 0.5) is 4.39 Å². The topological polar surface area (TPSA) is 50.8 Å². The van der Waals surface area contributed by atoms with Crippen molar-refractivity contribution >= 4 is 5.91 Å². The highest BCUT2D eigenvalue weighted by molar-refractivity contribution is 5.73. The quantitative estimate of drug-likeness (QED) is 0.826. The molecule has 0 aromatic heterocycles. The maximum absolute atomic E-state index is 13.3. The summed E-state index contributed by atoms with van der Waals surface area (Å²) in [6, 6.07) is 10.5. The first kappa shape index (κ1) is 20.1. The lowest BCUT2D eigenvalue weighted by atomic mass is 9.87. The molecule has 0 bridgehead atoms. The van der Waals surface area contributed by atoms with Crippen molar-refractivity contribution in [1.29, 1.82) is 0 Å². The minimum absolute atomic E-state index is 0.0301. The van der Waals surface area contributed by atoms with Crippen molar-refractivity contribution in [1.82, 2.24) is 10.2 Å². The number of methoxy groups -OCH3 is 2. The number of nitrogens with zero attached hydrogens (tertiary/aromatic N) is 1. The molecular weight excluding hydrogens is 359 g/mol. The fourth-order valence-electron chi connectivity index (χ4n) is 4.02. The first-order valence-electron chi connectivity index (χ1n) is 9.43. The van der Waals surface area contributed by atoms with Gasteiger partial charge in [-0.2, -0.15) is 0 Å². The Bertz CT molecular complexity index is 838. The van der Waals surface area contributed by atoms with Crippen molar-refractivity contribution in [2.24, 2.45) is 0 Å². The Morgan fingerprint density at radius 3 is 2.46 bits per heavy atom. The number of carbonyl (C=O) groups is 1. The molecule has 1 amide bonds. The normalized spacial score (nSPS) is 17.5. The summed E-state index contributed by atoms with van der Waals surface area (Å²) < 4.78 is 24.2. The number of rotatable bonds is 6. The van der Waals surface area contributed by atoms with E-state index in [0.717, 1.165) is 24.1 Å². The van der Waals surface area contributed by atoms with Crippen LogP contribution in [0.15, 0.2) is 36.4 Å². The van der Waals surface area contributed by atoms with Crippen LogP contribution in [0.1, 0.15) is 36.6 Å². The predicted octanol–water partition coefficient (Wildman–Crippen LogP) is 3.47. The van der Waals surface area contributed by atoms with E-state index in [4.69, 9.17) is 9.47 Å². The molecule has 0 saturated carbocycles. The molecule has 2 aromatic rings. The zero-order chi connectivity index (χ0) is 20.3. The van der Waals surface area contributed by atoms with Gasteiger partial charge < -0.3 is 14.8 Å². The third-order valence-corrected chi connectivity index (χ3v) is 5.23. The van der Waals surface area contributed by atoms with Gasteiger partial charge in [-0.15, -0.1) is 0 Å². The summed E-state index contributed by atoms with van der Waals surface area (Å²) in [5, 5.41) is 3.03. The first-order chi connectivity index (χ1) is 13.4. The summed E-state index contributed by atoms with van der Waals surface area (Å²) in [4.78, 5) is 14.0. The molecule has 2 aromatic carbocycles. The highest BCUT2D eigenvalue weighted by atomic mass is 19.1. The molecule has 0 radical (unpaired) electrons. The lowest BCUT2D eigenvalue weighted by Crippen LogP contribution is -2.46. The second kappa shape index (κ2) is 8.61. The Kier molecular flexibility index (Phi) is 6.19. The fourth-order valence-corrected chi connectivity index (χ4v) is 4.02. The maximum Gasteiger partial charge on any atom is 0.217 e. The van der Waals surface area contributed by atoms with E-state index >= 15 is 0 Å². The van der Waals surface area contributed by atoms with Crippen LogP contribution >= 0.6 is 0 Å². The zero-order valence-electron chi connectivity index (χ0n) is 16.8. The zero-order valence-corrected chi connectivity index (χ0v) is 16.8. The van der Waals surface area contributed by atoms with E-state index in [0.29, 0.717) is 18.0 Å². The van der Waals surface area contributed by atoms with E-state index in [1.54, 1.807) is 26.4 Å². The van der Waals surface area contributed by atoms with Gasteiger partial charge in [0.05, 0.1) is 20.3 Å². The van der Waals surface area contributed by atoms with Gasteiger partial charge in [0.15, 0.2) is 11.5 Å². The largest absolute Gasteiger partial charge is 0.493 e. The number of hydrogen-bond acceptors (Lipinski definition) is 4. The van der Waals surface area contributed by atoms with Gasteiger partial charge in [-0.05, 0) is 54.3 Å². The highest BCUT2D eigenvalue weighted by Crippen LogP contribution is 2.40. The van der Waals surface area contributed by atoms with Gasteiger partial charge in [0, 0.05) is 26.1 Å². The van der Waals surface area contributed by atoms with Gasteiger partial charge in [0.1, 0.15) is 5.82 Å². The molecule has 28 heavy (non-hydrogen) atoms. The highest BCUT2D eigenvalue weighted by Gasteiger charge is 2.33. The van der Waals surface area contributed by atoms with Crippen molar-refractivity contribution < 1.29 is 18.7 Å². The summed E-state index contributed by atoms with van der Waals surface area (Å²) in [5.41, 5.74) is 3.34. The molecule has 0 spiro atoms. The number of nitrogens with one attached hydrogen (secondary N) is 1. The molecule has 1 N–H and O–H groups in total. The number of hydrogen-bond donors (Lipinski definition) is 1. The smallest absolute Gasteiger partial charge is 0.217 e. The molecule has 1 aliphatic rings. The van der Waals surface area contributed by atoms with E-state index < -0.39 is 0 Å². The summed E-state index contributed by atoms with van der Waals surface area (Å²) in [5.74, 6) is 1.07. The summed E-state index contributed by atoms with van der Waals surface area (Å²) in [6.45, 7) is 5.03. The van der Waals surface area contributed by atoms with Crippen LogP contribution in [-0.2, 0) is 17.8 Å². The van der Waals surface area contributed by atoms with E-state index in [2.05, 4.69) is 10.2 Å². The second-order valence-corrected chi connectivity index (χ2v) is 7.19. The number of halogens is 1. The molecular formula is C22H27FN2O3. The molecule has 2 atom stereocenters. The van der Waals surface area contributed by atoms with Gasteiger partial charge in [0.25, 0.3) is 0 Å². The van der Waals surface area contributed by atoms with Crippen molar-refractivity contribution in [3.63, 3.8) is 0 Å². The first-order valence-corrected chi connectivity index (χ1v) is 9.43. The van der Waals surface area contributed by atoms with Crippen molar-refractivity contribution in [2.45, 2.75) is 38.9 Å². The van der Waals surface area contributed by atoms with Crippen molar-refractivity contribution in [3.05, 3.63) is 58.9 Å². The predicted molar refractivity (Wildman–Crippen MR) is 106 cm³/mol. The SMILES string of the molecule is COc1cc2c(cc1OC)[C@@H]([C@H](C)NC(C)=O)N(Cc1ccc(F)cc1)CC2. The average molecular weight is 386 g/mol. The van der Waals surface area contributed by atoms with Crippen molar-refractivity contribution in [2.75, 3.05) is 20.8 Å². The van der Waals surface area contributed by atoms with Gasteiger partial charge in [-0.3, -0.25) is 9.69 Å². The molecule has 3 rings (SSSR count). The van der Waals surface area contributed by atoms with Crippen LogP contribution in [0.5, 0.6) is 11.5 Å². The van der Waals surface area contributed by atoms with Gasteiger partial charge in [-0.25, -0.2) is 4.39 Å². The number of fused-ring (bicyclic) bond motifs is 1. The fraction of sp³-hybridized carbons (Fsp3) is 0.409. The Labute approximate surface area is 165 Å². The Morgan fingerprint density at radius 1 is 1.21 bits per heavy atom. The van der Waals surface area contributed by atoms with Gasteiger partial charge >= 0.3 is 0 Å². The number of ether oxygens (including phenoxy) is 2.